The highest BCUT2D eigenvalue weighted by molar-refractivity contribution is 6.08. The molecule has 1 aromatic carbocycles. The van der Waals surface area contributed by atoms with E-state index >= 15 is 0 Å². The number of imide groups is 1. The van der Waals surface area contributed by atoms with Gasteiger partial charge in [-0.15, -0.1) is 0 Å². The molecule has 162 valence electrons. The van der Waals surface area contributed by atoms with E-state index in [-0.39, 0.29) is 0 Å². The van der Waals surface area contributed by atoms with E-state index in [2.05, 4.69) is 17.6 Å². The number of amides is 4. The summed E-state index contributed by atoms with van der Waals surface area (Å²) in [5.74, 6) is -0.595. The van der Waals surface area contributed by atoms with Crippen LogP contribution in [-0.2, 0) is 19.1 Å². The van der Waals surface area contributed by atoms with E-state index in [1.807, 2.05) is 0 Å². The number of methoxy groups -OCH3 is 1. The fraction of sp³-hybridized carbons (Fsp3) is 0.524. The Bertz CT molecular complexity index is 830. The van der Waals surface area contributed by atoms with Gasteiger partial charge in [0.05, 0.1) is 7.11 Å². The molecular formula is C21H27N3O6. The van der Waals surface area contributed by atoms with E-state index < -0.39 is 42.0 Å². The molecule has 1 saturated carbocycles. The molecule has 0 bridgehead atoms. The van der Waals surface area contributed by atoms with Crippen LogP contribution in [-0.4, -0.2) is 54.0 Å². The van der Waals surface area contributed by atoms with Crippen LogP contribution in [0.1, 0.15) is 39.5 Å². The molecule has 4 amide bonds. The highest BCUT2D eigenvalue weighted by Crippen LogP contribution is 2.36. The van der Waals surface area contributed by atoms with Crippen molar-refractivity contribution in [1.82, 2.24) is 10.2 Å². The molecule has 9 heteroatoms. The maximum absolute atomic E-state index is 12.8. The number of nitrogens with zero attached hydrogens (tertiary/aromatic N) is 1. The minimum Gasteiger partial charge on any atom is -0.497 e. The molecule has 2 fully saturated rings. The van der Waals surface area contributed by atoms with Gasteiger partial charge < -0.3 is 20.1 Å². The van der Waals surface area contributed by atoms with Crippen molar-refractivity contribution >= 4 is 29.5 Å². The van der Waals surface area contributed by atoms with Crippen LogP contribution in [0.5, 0.6) is 5.75 Å². The molecule has 1 aliphatic carbocycles. The number of esters is 1. The molecule has 1 aromatic rings. The Hall–Kier alpha value is -3.10. The second-order valence-electron chi connectivity index (χ2n) is 7.94. The molecule has 1 atom stereocenters. The van der Waals surface area contributed by atoms with E-state index in [9.17, 15) is 19.2 Å². The third-order valence-corrected chi connectivity index (χ3v) is 5.70. The van der Waals surface area contributed by atoms with Crippen molar-refractivity contribution in [2.24, 2.45) is 5.92 Å². The zero-order valence-corrected chi connectivity index (χ0v) is 17.4. The zero-order chi connectivity index (χ0) is 21.9. The first kappa shape index (κ1) is 21.6. The van der Waals surface area contributed by atoms with Crippen molar-refractivity contribution in [2.45, 2.75) is 51.2 Å². The summed E-state index contributed by atoms with van der Waals surface area (Å²) >= 11 is 0. The molecule has 30 heavy (non-hydrogen) atoms. The van der Waals surface area contributed by atoms with Gasteiger partial charge in [0.15, 0.2) is 6.10 Å². The predicted octanol–water partition coefficient (Wildman–Crippen LogP) is 2.07. The molecule has 0 aromatic heterocycles. The van der Waals surface area contributed by atoms with Gasteiger partial charge in [0, 0.05) is 5.69 Å². The summed E-state index contributed by atoms with van der Waals surface area (Å²) in [7, 11) is 1.54. The number of hydrogen-bond acceptors (Lipinski definition) is 6. The smallest absolute Gasteiger partial charge is 0.327 e. The van der Waals surface area contributed by atoms with Crippen molar-refractivity contribution in [3.8, 4) is 5.75 Å². The number of carbonyl (C=O) groups is 4. The van der Waals surface area contributed by atoms with Gasteiger partial charge in [-0.2, -0.15) is 0 Å². The molecule has 0 unspecified atom stereocenters. The second-order valence-corrected chi connectivity index (χ2v) is 7.94. The standard InChI is InChI=1S/C21H27N3O6/c1-13-8-10-21(11-9-13)19(27)24(20(28)23-21)12-17(25)30-14(2)18(26)22-15-4-6-16(29-3)7-5-15/h4-7,13-14H,8-12H2,1-3H3,(H,22,26)(H,23,28)/t13?,14-,21?/m1/s1. The molecule has 1 spiro atoms. The summed E-state index contributed by atoms with van der Waals surface area (Å²) in [4.78, 5) is 50.5. The lowest BCUT2D eigenvalue weighted by Gasteiger charge is -2.33. The van der Waals surface area contributed by atoms with E-state index in [0.717, 1.165) is 17.7 Å². The summed E-state index contributed by atoms with van der Waals surface area (Å²) in [6.45, 7) is 3.01. The van der Waals surface area contributed by atoms with Crippen molar-refractivity contribution in [2.75, 3.05) is 19.0 Å². The van der Waals surface area contributed by atoms with Crippen LogP contribution in [0.4, 0.5) is 10.5 Å². The van der Waals surface area contributed by atoms with Crippen molar-refractivity contribution < 1.29 is 28.7 Å². The maximum atomic E-state index is 12.8. The molecule has 1 saturated heterocycles. The summed E-state index contributed by atoms with van der Waals surface area (Å²) in [6, 6.07) is 6.09. The van der Waals surface area contributed by atoms with Crippen LogP contribution in [0.2, 0.25) is 0 Å². The SMILES string of the molecule is COc1ccc(NC(=O)[C@@H](C)OC(=O)CN2C(=O)NC3(CCC(C)CC3)C2=O)cc1. The van der Waals surface area contributed by atoms with Crippen molar-refractivity contribution in [3.63, 3.8) is 0 Å². The fourth-order valence-electron chi connectivity index (χ4n) is 3.75. The number of anilines is 1. The Labute approximate surface area is 175 Å². The van der Waals surface area contributed by atoms with E-state index in [1.165, 1.54) is 14.0 Å². The average Bonchev–Trinajstić information content (AvgIpc) is 2.95. The molecule has 1 aliphatic heterocycles. The summed E-state index contributed by atoms with van der Waals surface area (Å²) in [6.07, 6.45) is 1.71. The lowest BCUT2D eigenvalue weighted by atomic mass is 9.77. The molecular weight excluding hydrogens is 390 g/mol. The van der Waals surface area contributed by atoms with E-state index in [4.69, 9.17) is 9.47 Å². The first-order chi connectivity index (χ1) is 14.2. The summed E-state index contributed by atoms with van der Waals surface area (Å²) in [5, 5.41) is 5.38. The molecule has 3 rings (SSSR count). The number of nitrogens with one attached hydrogen (secondary N) is 2. The van der Waals surface area contributed by atoms with Gasteiger partial charge >= 0.3 is 12.0 Å². The minimum absolute atomic E-state index is 0.397. The van der Waals surface area contributed by atoms with Crippen LogP contribution in [0.25, 0.3) is 0 Å². The van der Waals surface area contributed by atoms with Crippen LogP contribution in [0, 0.1) is 5.92 Å². The lowest BCUT2D eigenvalue weighted by molar-refractivity contribution is -0.155. The van der Waals surface area contributed by atoms with Crippen LogP contribution < -0.4 is 15.4 Å². The van der Waals surface area contributed by atoms with Gasteiger partial charge in [-0.25, -0.2) is 4.79 Å². The molecule has 1 heterocycles. The summed E-state index contributed by atoms with van der Waals surface area (Å²) < 4.78 is 10.2. The normalized spacial score (nSPS) is 24.4. The Morgan fingerprint density at radius 2 is 1.87 bits per heavy atom. The Morgan fingerprint density at radius 3 is 2.47 bits per heavy atom. The first-order valence-corrected chi connectivity index (χ1v) is 10.0. The maximum Gasteiger partial charge on any atom is 0.327 e. The number of carbonyl (C=O) groups excluding carboxylic acids is 4. The molecule has 2 N–H and O–H groups in total. The Balaban J connectivity index is 1.53. The van der Waals surface area contributed by atoms with Gasteiger partial charge in [0.1, 0.15) is 17.8 Å². The largest absolute Gasteiger partial charge is 0.497 e. The number of rotatable bonds is 6. The highest BCUT2D eigenvalue weighted by atomic mass is 16.5. The van der Waals surface area contributed by atoms with Crippen molar-refractivity contribution in [3.05, 3.63) is 24.3 Å². The lowest BCUT2D eigenvalue weighted by Crippen LogP contribution is -2.49. The fourth-order valence-corrected chi connectivity index (χ4v) is 3.75. The topological polar surface area (TPSA) is 114 Å². The first-order valence-electron chi connectivity index (χ1n) is 10.0. The number of urea groups is 1. The second kappa shape index (κ2) is 8.73. The zero-order valence-electron chi connectivity index (χ0n) is 17.4. The quantitative estimate of drug-likeness (QED) is 0.541. The predicted molar refractivity (Wildman–Crippen MR) is 108 cm³/mol. The monoisotopic (exact) mass is 417 g/mol. The third-order valence-electron chi connectivity index (χ3n) is 5.70. The van der Waals surface area contributed by atoms with Gasteiger partial charge in [-0.3, -0.25) is 19.3 Å². The van der Waals surface area contributed by atoms with Gasteiger partial charge in [-0.05, 0) is 62.8 Å². The van der Waals surface area contributed by atoms with Crippen LogP contribution >= 0.6 is 0 Å². The number of ether oxygens (including phenoxy) is 2. The molecule has 0 radical (unpaired) electrons. The highest BCUT2D eigenvalue weighted by Gasteiger charge is 2.52. The van der Waals surface area contributed by atoms with Gasteiger partial charge in [-0.1, -0.05) is 6.92 Å². The number of benzene rings is 1. The van der Waals surface area contributed by atoms with Crippen LogP contribution in [0.15, 0.2) is 24.3 Å². The molecule has 9 nitrogen and oxygen atoms in total. The van der Waals surface area contributed by atoms with E-state index in [0.29, 0.717) is 30.2 Å². The third kappa shape index (κ3) is 4.55. The van der Waals surface area contributed by atoms with Gasteiger partial charge in [0.25, 0.3) is 11.8 Å². The van der Waals surface area contributed by atoms with Crippen LogP contribution in [0.3, 0.4) is 0 Å². The summed E-state index contributed by atoms with van der Waals surface area (Å²) in [5.41, 5.74) is -0.396. The average molecular weight is 417 g/mol. The number of hydrogen-bond donors (Lipinski definition) is 2. The van der Waals surface area contributed by atoms with Crippen molar-refractivity contribution in [1.29, 1.82) is 0 Å². The Kier molecular flexibility index (Phi) is 6.28. The Morgan fingerprint density at radius 1 is 1.23 bits per heavy atom. The van der Waals surface area contributed by atoms with E-state index in [1.54, 1.807) is 24.3 Å². The van der Waals surface area contributed by atoms with Gasteiger partial charge in [0.2, 0.25) is 0 Å². The minimum atomic E-state index is -1.09. The molecule has 2 aliphatic rings.